The fourth-order valence-corrected chi connectivity index (χ4v) is 11.2. The lowest BCUT2D eigenvalue weighted by Gasteiger charge is -2.64. The molecule has 1 spiro atoms. The van der Waals surface area contributed by atoms with Crippen molar-refractivity contribution in [2.75, 3.05) is 20.1 Å². The fourth-order valence-electron chi connectivity index (χ4n) is 8.47. The predicted molar refractivity (Wildman–Crippen MR) is 182 cm³/mol. The molecule has 2 bridgehead atoms. The highest BCUT2D eigenvalue weighted by molar-refractivity contribution is 7.88. The van der Waals surface area contributed by atoms with E-state index < -0.39 is 41.5 Å². The van der Waals surface area contributed by atoms with Gasteiger partial charge < -0.3 is 14.3 Å². The van der Waals surface area contributed by atoms with Crippen LogP contribution in [-0.2, 0) is 27.6 Å². The van der Waals surface area contributed by atoms with Gasteiger partial charge in [-0.15, -0.1) is 0 Å². The van der Waals surface area contributed by atoms with E-state index in [1.165, 1.54) is 22.7 Å². The van der Waals surface area contributed by atoms with E-state index in [0.29, 0.717) is 34.4 Å². The van der Waals surface area contributed by atoms with Crippen LogP contribution in [0.3, 0.4) is 0 Å². The lowest BCUT2D eigenvalue weighted by molar-refractivity contribution is -0.195. The highest BCUT2D eigenvalue weighted by Gasteiger charge is 2.73. The van der Waals surface area contributed by atoms with Gasteiger partial charge in [-0.1, -0.05) is 56.1 Å². The zero-order chi connectivity index (χ0) is 32.3. The Labute approximate surface area is 279 Å². The smallest absolute Gasteiger partial charge is 0.250 e. The molecule has 7 rings (SSSR count). The van der Waals surface area contributed by atoms with Gasteiger partial charge in [-0.3, -0.25) is 4.90 Å². The molecule has 2 aliphatic heterocycles. The molecule has 2 aromatic carbocycles. The minimum absolute atomic E-state index is 0.0132. The average molecular weight is 694 g/mol. The summed E-state index contributed by atoms with van der Waals surface area (Å²) in [4.78, 5) is 2.53. The number of nitrogens with zero attached hydrogens (tertiary/aromatic N) is 2. The molecule has 3 fully saturated rings. The molecule has 0 aromatic heterocycles. The first-order chi connectivity index (χ1) is 21.0. The van der Waals surface area contributed by atoms with E-state index in [0.717, 1.165) is 43.0 Å². The van der Waals surface area contributed by atoms with Crippen LogP contribution >= 0.6 is 23.2 Å². The number of hydrogen-bond donors (Lipinski definition) is 1. The van der Waals surface area contributed by atoms with Gasteiger partial charge in [0.1, 0.15) is 11.9 Å². The van der Waals surface area contributed by atoms with Gasteiger partial charge in [0.05, 0.1) is 32.9 Å². The van der Waals surface area contributed by atoms with Crippen LogP contribution < -0.4 is 9.16 Å². The first-order valence-electron chi connectivity index (χ1n) is 16.4. The minimum atomic E-state index is -3.77. The molecule has 0 unspecified atom stereocenters. The van der Waals surface area contributed by atoms with Gasteiger partial charge in [-0.25, -0.2) is 8.42 Å². The zero-order valence-electron chi connectivity index (χ0n) is 27.2. The zero-order valence-corrected chi connectivity index (χ0v) is 30.5. The third-order valence-electron chi connectivity index (χ3n) is 12.1. The number of halogens is 2. The standard InChI is InChI=1S/C34H46Cl2N2O5SSi/c1-32(2,3)45(5,6)43-27-12-10-23-18-28-34(39)14-13-26(37(4)44(40,41)20-22-9-11-24(35)25(36)17-22)31-33(34,29(23)30(27)42-31)15-16-38(28)19-21-7-8-21/h9-12,17,21,26,28,31,39H,7-8,13-16,18-20H2,1-6H3/t26-,28+,31-,33-,34+/m0/s1. The summed E-state index contributed by atoms with van der Waals surface area (Å²) in [5.74, 6) is 1.96. The second-order valence-corrected chi connectivity index (χ2v) is 23.3. The number of benzene rings is 2. The van der Waals surface area contributed by atoms with Gasteiger partial charge in [0.2, 0.25) is 10.0 Å². The summed E-state index contributed by atoms with van der Waals surface area (Å²) in [6.45, 7) is 13.0. The monoisotopic (exact) mass is 692 g/mol. The molecule has 1 saturated heterocycles. The molecule has 5 aliphatic rings. The number of piperidine rings is 1. The van der Waals surface area contributed by atoms with Crippen LogP contribution in [0.4, 0.5) is 0 Å². The Bertz CT molecular complexity index is 1640. The maximum Gasteiger partial charge on any atom is 0.250 e. The van der Waals surface area contributed by atoms with E-state index >= 15 is 0 Å². The molecule has 11 heteroatoms. The first kappa shape index (κ1) is 32.2. The summed E-state index contributed by atoms with van der Waals surface area (Å²) < 4.78 is 43.5. The molecule has 2 aromatic rings. The third-order valence-corrected chi connectivity index (χ3v) is 19.1. The fraction of sp³-hybridized carbons (Fsp3) is 0.647. The summed E-state index contributed by atoms with van der Waals surface area (Å²) >= 11 is 12.4. The van der Waals surface area contributed by atoms with E-state index in [4.69, 9.17) is 32.4 Å². The van der Waals surface area contributed by atoms with Crippen molar-refractivity contribution in [3.05, 3.63) is 57.1 Å². The predicted octanol–water partition coefficient (Wildman–Crippen LogP) is 6.77. The number of rotatable bonds is 8. The third kappa shape index (κ3) is 4.93. The molecular formula is C34H46Cl2N2O5SSi. The molecule has 2 saturated carbocycles. The van der Waals surface area contributed by atoms with E-state index in [1.54, 1.807) is 25.2 Å². The number of ether oxygens (including phenoxy) is 1. The molecule has 3 aliphatic carbocycles. The second kappa shape index (κ2) is 10.6. The van der Waals surface area contributed by atoms with Crippen LogP contribution in [0.15, 0.2) is 30.3 Å². The van der Waals surface area contributed by atoms with Gasteiger partial charge in [0, 0.05) is 25.2 Å². The lowest BCUT2D eigenvalue weighted by atomic mass is 9.48. The maximum atomic E-state index is 14.0. The minimum Gasteiger partial charge on any atom is -0.541 e. The number of likely N-dealkylation sites (tertiary alicyclic amines) is 1. The summed E-state index contributed by atoms with van der Waals surface area (Å²) in [6.07, 6.45) is 4.50. The highest BCUT2D eigenvalue weighted by Crippen LogP contribution is 2.66. The number of hydrogen-bond acceptors (Lipinski definition) is 6. The van der Waals surface area contributed by atoms with Gasteiger partial charge >= 0.3 is 0 Å². The van der Waals surface area contributed by atoms with Crippen LogP contribution in [0.2, 0.25) is 28.2 Å². The quantitative estimate of drug-likeness (QED) is 0.308. The van der Waals surface area contributed by atoms with E-state index in [1.807, 2.05) is 0 Å². The Morgan fingerprint density at radius 2 is 1.84 bits per heavy atom. The van der Waals surface area contributed by atoms with Gasteiger partial charge in [-0.2, -0.15) is 4.31 Å². The van der Waals surface area contributed by atoms with E-state index in [2.05, 4.69) is 50.9 Å². The first-order valence-corrected chi connectivity index (χ1v) is 21.6. The van der Waals surface area contributed by atoms with Crippen LogP contribution in [0.5, 0.6) is 11.5 Å². The summed E-state index contributed by atoms with van der Waals surface area (Å²) in [7, 11) is -4.33. The number of likely N-dealkylation sites (N-methyl/N-ethyl adjacent to an activating group) is 1. The van der Waals surface area contributed by atoms with Crippen molar-refractivity contribution in [3.8, 4) is 11.5 Å². The number of aliphatic hydroxyl groups is 1. The van der Waals surface area contributed by atoms with Gasteiger partial charge in [0.15, 0.2) is 5.75 Å². The van der Waals surface area contributed by atoms with Crippen molar-refractivity contribution in [1.82, 2.24) is 9.21 Å². The van der Waals surface area contributed by atoms with Crippen LogP contribution in [-0.4, -0.2) is 75.0 Å². The summed E-state index contributed by atoms with van der Waals surface area (Å²) in [6, 6.07) is 8.74. The molecule has 1 N–H and O–H groups in total. The molecule has 7 nitrogen and oxygen atoms in total. The van der Waals surface area contributed by atoms with E-state index in [9.17, 15) is 13.5 Å². The summed E-state index contributed by atoms with van der Waals surface area (Å²) in [5.41, 5.74) is 1.10. The maximum absolute atomic E-state index is 14.0. The topological polar surface area (TPSA) is 79.3 Å². The molecule has 0 radical (unpaired) electrons. The summed E-state index contributed by atoms with van der Waals surface area (Å²) in [5, 5.41) is 13.7. The second-order valence-electron chi connectivity index (χ2n) is 15.8. The Morgan fingerprint density at radius 1 is 1.11 bits per heavy atom. The molecule has 0 amide bonds. The van der Waals surface area contributed by atoms with Crippen LogP contribution in [0, 0.1) is 5.92 Å². The average Bonchev–Trinajstić information content (AvgIpc) is 3.69. The normalized spacial score (nSPS) is 31.1. The molecule has 5 atom stereocenters. The van der Waals surface area contributed by atoms with Gasteiger partial charge in [-0.05, 0) is 98.4 Å². The molecule has 2 heterocycles. The van der Waals surface area contributed by atoms with Crippen molar-refractivity contribution in [1.29, 1.82) is 0 Å². The van der Waals surface area contributed by atoms with Crippen molar-refractivity contribution in [2.24, 2.45) is 5.92 Å². The molecule has 45 heavy (non-hydrogen) atoms. The largest absolute Gasteiger partial charge is 0.541 e. The Hall–Kier alpha value is -1.33. The van der Waals surface area contributed by atoms with Crippen LogP contribution in [0.1, 0.15) is 69.6 Å². The highest BCUT2D eigenvalue weighted by atomic mass is 35.5. The Balaban J connectivity index is 1.31. The Kier molecular flexibility index (Phi) is 7.58. The Morgan fingerprint density at radius 3 is 2.51 bits per heavy atom. The molecular weight excluding hydrogens is 647 g/mol. The number of sulfonamides is 1. The molecule has 246 valence electrons. The van der Waals surface area contributed by atoms with Crippen molar-refractivity contribution < 1.29 is 22.7 Å². The van der Waals surface area contributed by atoms with E-state index in [-0.39, 0.29) is 16.8 Å². The van der Waals surface area contributed by atoms with Crippen molar-refractivity contribution in [2.45, 2.75) is 112 Å². The van der Waals surface area contributed by atoms with Crippen molar-refractivity contribution in [3.63, 3.8) is 0 Å². The van der Waals surface area contributed by atoms with Crippen LogP contribution in [0.25, 0.3) is 0 Å². The van der Waals surface area contributed by atoms with Gasteiger partial charge in [0.25, 0.3) is 8.32 Å². The lowest BCUT2D eigenvalue weighted by Crippen LogP contribution is -2.78. The SMILES string of the molecule is CN([C@H]1CC[C@@]2(O)[C@H]3Cc4ccc(O[Si](C)(C)C(C)(C)C)c5c4[C@@]2(CCN3CC2CC2)[C@H]1O5)S(=O)(=O)Cc1ccc(Cl)c(Cl)c1. The van der Waals surface area contributed by atoms with Crippen molar-refractivity contribution >= 4 is 41.5 Å².